The van der Waals surface area contributed by atoms with E-state index >= 15 is 0 Å². The second kappa shape index (κ2) is 10.3. The van der Waals surface area contributed by atoms with Crippen LogP contribution in [0.15, 0.2) is 30.5 Å². The molecule has 1 saturated heterocycles. The number of nitrogens with one attached hydrogen (secondary N) is 1. The molecule has 2 aliphatic rings. The maximum absolute atomic E-state index is 14.7. The van der Waals surface area contributed by atoms with Gasteiger partial charge in [-0.1, -0.05) is 23.7 Å². The minimum absolute atomic E-state index is 0.0393. The summed E-state index contributed by atoms with van der Waals surface area (Å²) in [6.45, 7) is 0.492. The summed E-state index contributed by atoms with van der Waals surface area (Å²) in [4.78, 5) is 5.66. The summed E-state index contributed by atoms with van der Waals surface area (Å²) in [5, 5.41) is 9.72. The molecule has 2 heterocycles. The second-order valence-corrected chi connectivity index (χ2v) is 11.2. The number of hydrogen-bond donors (Lipinski definition) is 2. The Morgan fingerprint density at radius 1 is 1.24 bits per heavy atom. The highest BCUT2D eigenvalue weighted by Crippen LogP contribution is 2.37. The fraction of sp³-hybridized carbons (Fsp3) is 0.522. The van der Waals surface area contributed by atoms with E-state index in [4.69, 9.17) is 16.3 Å². The Bertz CT molecular complexity index is 1130. The van der Waals surface area contributed by atoms with Crippen LogP contribution in [-0.4, -0.2) is 56.1 Å². The lowest BCUT2D eigenvalue weighted by Gasteiger charge is -2.33. The molecule has 7 nitrogen and oxygen atoms in total. The number of halogens is 3. The van der Waals surface area contributed by atoms with Crippen molar-refractivity contribution in [3.8, 4) is 5.75 Å². The first-order chi connectivity index (χ1) is 16.1. The van der Waals surface area contributed by atoms with Crippen molar-refractivity contribution in [2.45, 2.75) is 56.2 Å². The lowest BCUT2D eigenvalue weighted by atomic mass is 9.82. The average Bonchev–Trinajstić information content (AvgIpc) is 3.17. The van der Waals surface area contributed by atoms with E-state index in [0.717, 1.165) is 43.7 Å². The first-order valence-corrected chi connectivity index (χ1v) is 13.5. The normalized spacial score (nSPS) is 25.6. The summed E-state index contributed by atoms with van der Waals surface area (Å²) >= 11 is 5.76. The quantitative estimate of drug-likeness (QED) is 0.580. The minimum Gasteiger partial charge on any atom is -0.504 e. The number of aromatic nitrogens is 1. The van der Waals surface area contributed by atoms with Gasteiger partial charge >= 0.3 is 0 Å². The molecule has 2 N–H and O–H groups in total. The van der Waals surface area contributed by atoms with E-state index in [1.165, 1.54) is 6.07 Å². The van der Waals surface area contributed by atoms with E-state index in [9.17, 15) is 22.3 Å². The van der Waals surface area contributed by atoms with Crippen molar-refractivity contribution in [3.05, 3.63) is 52.7 Å². The Morgan fingerprint density at radius 2 is 1.97 bits per heavy atom. The Morgan fingerprint density at radius 3 is 2.65 bits per heavy atom. The highest BCUT2D eigenvalue weighted by molar-refractivity contribution is 7.88. The Balaban J connectivity index is 1.44. The van der Waals surface area contributed by atoms with Crippen LogP contribution in [0.4, 0.5) is 14.6 Å². The van der Waals surface area contributed by atoms with Crippen LogP contribution in [0.2, 0.25) is 5.02 Å². The summed E-state index contributed by atoms with van der Waals surface area (Å²) in [6, 6.07) is 5.65. The molecule has 1 aliphatic heterocycles. The third-order valence-electron chi connectivity index (χ3n) is 6.61. The van der Waals surface area contributed by atoms with E-state index in [1.54, 1.807) is 17.0 Å². The van der Waals surface area contributed by atoms with Crippen LogP contribution < -0.4 is 9.62 Å². The molecule has 11 heteroatoms. The summed E-state index contributed by atoms with van der Waals surface area (Å²) in [6.07, 6.45) is 5.91. The van der Waals surface area contributed by atoms with Gasteiger partial charge in [-0.15, -0.1) is 0 Å². The standard InChI is InChI=1S/C23H28ClF2N3O4S/c1-34(31,32)28-19-9-10-29(23-21(26)22(30)18(24)12-27-23)20(19)13-33-17-7-5-14(6-8-17)15-3-2-4-16(25)11-15/h2-4,11-12,14,17,19-20,28H,5-10,13H2,1H3,(H,27,30)/t14-,17+,19-,20-/m0/s1. The molecule has 2 atom stereocenters. The Hall–Kier alpha value is -2.01. The second-order valence-electron chi connectivity index (χ2n) is 9.00. The molecule has 1 saturated carbocycles. The van der Waals surface area contributed by atoms with Crippen LogP contribution in [0.3, 0.4) is 0 Å². The van der Waals surface area contributed by atoms with Crippen LogP contribution in [0.5, 0.6) is 5.75 Å². The zero-order valence-corrected chi connectivity index (χ0v) is 20.3. The monoisotopic (exact) mass is 515 g/mol. The van der Waals surface area contributed by atoms with Gasteiger partial charge in [-0.3, -0.25) is 0 Å². The van der Waals surface area contributed by atoms with Crippen LogP contribution in [0.25, 0.3) is 0 Å². The fourth-order valence-corrected chi connectivity index (χ4v) is 5.90. The van der Waals surface area contributed by atoms with Crippen LogP contribution in [0, 0.1) is 11.6 Å². The highest BCUT2D eigenvalue weighted by atomic mass is 35.5. The zero-order chi connectivity index (χ0) is 24.5. The van der Waals surface area contributed by atoms with Crippen molar-refractivity contribution in [2.24, 2.45) is 0 Å². The van der Waals surface area contributed by atoms with Crippen molar-refractivity contribution >= 4 is 27.4 Å². The zero-order valence-electron chi connectivity index (χ0n) is 18.8. The summed E-state index contributed by atoms with van der Waals surface area (Å²) in [5.74, 6) is -1.71. The Kier molecular flexibility index (Phi) is 7.61. The summed E-state index contributed by atoms with van der Waals surface area (Å²) < 4.78 is 60.9. The maximum atomic E-state index is 14.7. The fourth-order valence-electron chi connectivity index (χ4n) is 4.94. The van der Waals surface area contributed by atoms with E-state index in [0.29, 0.717) is 13.0 Å². The van der Waals surface area contributed by atoms with Gasteiger partial charge in [0, 0.05) is 12.6 Å². The molecule has 1 aromatic heterocycles. The minimum atomic E-state index is -3.50. The molecule has 2 aromatic rings. The molecule has 0 unspecified atom stereocenters. The number of benzene rings is 1. The predicted octanol–water partition coefficient (Wildman–Crippen LogP) is 3.96. The number of sulfonamides is 1. The van der Waals surface area contributed by atoms with E-state index in [-0.39, 0.29) is 35.3 Å². The molecule has 0 radical (unpaired) electrons. The third-order valence-corrected chi connectivity index (χ3v) is 7.62. The highest BCUT2D eigenvalue weighted by Gasteiger charge is 2.39. The molecule has 0 spiro atoms. The topological polar surface area (TPSA) is 91.8 Å². The van der Waals surface area contributed by atoms with Crippen molar-refractivity contribution in [1.29, 1.82) is 0 Å². The van der Waals surface area contributed by atoms with Gasteiger partial charge in [0.2, 0.25) is 15.8 Å². The maximum Gasteiger partial charge on any atom is 0.209 e. The van der Waals surface area contributed by atoms with Crippen LogP contribution in [0.1, 0.15) is 43.6 Å². The van der Waals surface area contributed by atoms with Gasteiger partial charge in [0.1, 0.15) is 10.8 Å². The van der Waals surface area contributed by atoms with E-state index in [2.05, 4.69) is 9.71 Å². The molecule has 4 rings (SSSR count). The molecule has 1 aromatic carbocycles. The van der Waals surface area contributed by atoms with Gasteiger partial charge in [-0.05, 0) is 55.7 Å². The third kappa shape index (κ3) is 5.79. The predicted molar refractivity (Wildman–Crippen MR) is 126 cm³/mol. The first kappa shape index (κ1) is 25.1. The van der Waals surface area contributed by atoms with Gasteiger partial charge in [-0.2, -0.15) is 4.39 Å². The number of rotatable bonds is 7. The molecule has 186 valence electrons. The van der Waals surface area contributed by atoms with Crippen molar-refractivity contribution < 1.29 is 27.0 Å². The summed E-state index contributed by atoms with van der Waals surface area (Å²) in [5.41, 5.74) is 0.988. The molecule has 0 bridgehead atoms. The van der Waals surface area contributed by atoms with E-state index in [1.807, 2.05) is 6.07 Å². The number of pyridine rings is 1. The number of anilines is 1. The molecular weight excluding hydrogens is 488 g/mol. The smallest absolute Gasteiger partial charge is 0.209 e. The van der Waals surface area contributed by atoms with Crippen molar-refractivity contribution in [1.82, 2.24) is 9.71 Å². The first-order valence-electron chi connectivity index (χ1n) is 11.3. The number of aromatic hydroxyl groups is 1. The van der Waals surface area contributed by atoms with Crippen molar-refractivity contribution in [3.63, 3.8) is 0 Å². The molecule has 0 amide bonds. The van der Waals surface area contributed by atoms with Crippen molar-refractivity contribution in [2.75, 3.05) is 24.3 Å². The molecular formula is C23H28ClF2N3O4S. The summed E-state index contributed by atoms with van der Waals surface area (Å²) in [7, 11) is -3.50. The largest absolute Gasteiger partial charge is 0.504 e. The molecule has 2 fully saturated rings. The Labute approximate surface area is 203 Å². The van der Waals surface area contributed by atoms with Crippen LogP contribution in [-0.2, 0) is 14.8 Å². The molecule has 34 heavy (non-hydrogen) atoms. The van der Waals surface area contributed by atoms with Gasteiger partial charge in [0.25, 0.3) is 0 Å². The lowest BCUT2D eigenvalue weighted by molar-refractivity contribution is 0.0155. The SMILES string of the molecule is CS(=O)(=O)N[C@H]1CCN(c2ncc(Cl)c(O)c2F)[C@H]1CO[C@H]1CC[C@@H](c2cccc(F)c2)CC1. The lowest BCUT2D eigenvalue weighted by Crippen LogP contribution is -2.48. The van der Waals surface area contributed by atoms with Gasteiger partial charge < -0.3 is 14.7 Å². The van der Waals surface area contributed by atoms with Gasteiger partial charge in [0.15, 0.2) is 11.6 Å². The van der Waals surface area contributed by atoms with Gasteiger partial charge in [-0.25, -0.2) is 22.5 Å². The van der Waals surface area contributed by atoms with Gasteiger partial charge in [0.05, 0.1) is 31.2 Å². The molecule has 1 aliphatic carbocycles. The van der Waals surface area contributed by atoms with E-state index < -0.39 is 33.7 Å². The average molecular weight is 516 g/mol. The number of nitrogens with zero attached hydrogens (tertiary/aromatic N) is 2. The number of hydrogen-bond acceptors (Lipinski definition) is 6. The van der Waals surface area contributed by atoms with Crippen LogP contribution >= 0.6 is 11.6 Å². The number of ether oxygens (including phenoxy) is 1.